The molecule has 3 heteroatoms. The molecule has 0 bridgehead atoms. The Labute approximate surface area is 110 Å². The van der Waals surface area contributed by atoms with Crippen molar-refractivity contribution >= 4 is 5.69 Å². The van der Waals surface area contributed by atoms with E-state index >= 15 is 0 Å². The fourth-order valence-electron chi connectivity index (χ4n) is 2.51. The standard InChI is InChI=1S/C15H24N2O/c1-3-15(18)14-7-6-13(11-16-14)17-9-4-5-12(2)8-10-17/h6-7,11-12,15,18H,3-5,8-10H2,1-2H3. The molecule has 1 saturated heterocycles. The number of anilines is 1. The number of rotatable bonds is 3. The van der Waals surface area contributed by atoms with E-state index in [-0.39, 0.29) is 0 Å². The number of aliphatic hydroxyl groups excluding tert-OH is 1. The third-order valence-corrected chi connectivity index (χ3v) is 3.88. The van der Waals surface area contributed by atoms with Gasteiger partial charge in [0.05, 0.1) is 23.7 Å². The van der Waals surface area contributed by atoms with Crippen LogP contribution in [0.3, 0.4) is 0 Å². The van der Waals surface area contributed by atoms with Crippen LogP contribution in [0.25, 0.3) is 0 Å². The Morgan fingerprint density at radius 1 is 1.39 bits per heavy atom. The summed E-state index contributed by atoms with van der Waals surface area (Å²) in [7, 11) is 0. The molecule has 1 aliphatic rings. The number of hydrogen-bond donors (Lipinski definition) is 1. The number of aromatic nitrogens is 1. The lowest BCUT2D eigenvalue weighted by Crippen LogP contribution is -2.24. The van der Waals surface area contributed by atoms with Gasteiger partial charge in [0, 0.05) is 13.1 Å². The van der Waals surface area contributed by atoms with Gasteiger partial charge in [-0.2, -0.15) is 0 Å². The van der Waals surface area contributed by atoms with Crippen molar-refractivity contribution in [1.29, 1.82) is 0 Å². The molecule has 2 rings (SSSR count). The van der Waals surface area contributed by atoms with Crippen molar-refractivity contribution in [3.05, 3.63) is 24.0 Å². The van der Waals surface area contributed by atoms with Gasteiger partial charge in [0.15, 0.2) is 0 Å². The van der Waals surface area contributed by atoms with Crippen LogP contribution in [0.4, 0.5) is 5.69 Å². The average molecular weight is 248 g/mol. The van der Waals surface area contributed by atoms with Gasteiger partial charge >= 0.3 is 0 Å². The minimum atomic E-state index is -0.428. The third kappa shape index (κ3) is 3.22. The van der Waals surface area contributed by atoms with Gasteiger partial charge < -0.3 is 10.0 Å². The molecule has 0 saturated carbocycles. The molecule has 1 N–H and O–H groups in total. The zero-order valence-electron chi connectivity index (χ0n) is 11.5. The molecule has 0 aromatic carbocycles. The van der Waals surface area contributed by atoms with E-state index in [9.17, 15) is 5.11 Å². The van der Waals surface area contributed by atoms with Crippen LogP contribution in [0, 0.1) is 5.92 Å². The van der Waals surface area contributed by atoms with Crippen LogP contribution >= 0.6 is 0 Å². The van der Waals surface area contributed by atoms with E-state index in [4.69, 9.17) is 0 Å². The molecule has 3 nitrogen and oxygen atoms in total. The molecule has 18 heavy (non-hydrogen) atoms. The molecule has 1 fully saturated rings. The number of pyridine rings is 1. The van der Waals surface area contributed by atoms with E-state index in [0.717, 1.165) is 24.7 Å². The molecule has 0 amide bonds. The van der Waals surface area contributed by atoms with Gasteiger partial charge in [-0.25, -0.2) is 0 Å². The Kier molecular flexibility index (Phi) is 4.59. The van der Waals surface area contributed by atoms with E-state index in [0.29, 0.717) is 6.42 Å². The Balaban J connectivity index is 2.04. The summed E-state index contributed by atoms with van der Waals surface area (Å²) in [6.07, 6.45) is 6.05. The topological polar surface area (TPSA) is 36.4 Å². The summed E-state index contributed by atoms with van der Waals surface area (Å²) in [5, 5.41) is 9.73. The van der Waals surface area contributed by atoms with E-state index in [1.54, 1.807) is 0 Å². The van der Waals surface area contributed by atoms with Crippen LogP contribution in [0.15, 0.2) is 18.3 Å². The monoisotopic (exact) mass is 248 g/mol. The number of hydrogen-bond acceptors (Lipinski definition) is 3. The maximum absolute atomic E-state index is 9.73. The van der Waals surface area contributed by atoms with E-state index in [1.807, 2.05) is 19.2 Å². The minimum Gasteiger partial charge on any atom is -0.387 e. The molecule has 0 aliphatic carbocycles. The van der Waals surface area contributed by atoms with Gasteiger partial charge in [-0.1, -0.05) is 13.8 Å². The largest absolute Gasteiger partial charge is 0.387 e. The quantitative estimate of drug-likeness (QED) is 0.892. The SMILES string of the molecule is CCC(O)c1ccc(N2CCCC(C)CC2)cn1. The second kappa shape index (κ2) is 6.19. The maximum atomic E-state index is 9.73. The summed E-state index contributed by atoms with van der Waals surface area (Å²) in [5.41, 5.74) is 1.97. The summed E-state index contributed by atoms with van der Waals surface area (Å²) < 4.78 is 0. The first kappa shape index (κ1) is 13.3. The molecule has 2 unspecified atom stereocenters. The summed E-state index contributed by atoms with van der Waals surface area (Å²) in [6.45, 7) is 6.55. The Hall–Kier alpha value is -1.09. The lowest BCUT2D eigenvalue weighted by molar-refractivity contribution is 0.169. The van der Waals surface area contributed by atoms with Crippen molar-refractivity contribution in [2.24, 2.45) is 5.92 Å². The van der Waals surface area contributed by atoms with Crippen LogP contribution in [-0.4, -0.2) is 23.2 Å². The van der Waals surface area contributed by atoms with Gasteiger partial charge in [-0.05, 0) is 43.7 Å². The van der Waals surface area contributed by atoms with Crippen molar-refractivity contribution in [3.8, 4) is 0 Å². The number of nitrogens with zero attached hydrogens (tertiary/aromatic N) is 2. The van der Waals surface area contributed by atoms with Gasteiger partial charge in [-0.15, -0.1) is 0 Å². The second-order valence-corrected chi connectivity index (χ2v) is 5.39. The van der Waals surface area contributed by atoms with E-state index < -0.39 is 6.10 Å². The third-order valence-electron chi connectivity index (χ3n) is 3.88. The van der Waals surface area contributed by atoms with Crippen LogP contribution in [0.2, 0.25) is 0 Å². The smallest absolute Gasteiger partial charge is 0.0957 e. The van der Waals surface area contributed by atoms with Crippen molar-refractivity contribution < 1.29 is 5.11 Å². The Morgan fingerprint density at radius 3 is 2.89 bits per heavy atom. The van der Waals surface area contributed by atoms with Crippen LogP contribution < -0.4 is 4.90 Å². The highest BCUT2D eigenvalue weighted by molar-refractivity contribution is 5.44. The minimum absolute atomic E-state index is 0.428. The Morgan fingerprint density at radius 2 is 2.22 bits per heavy atom. The highest BCUT2D eigenvalue weighted by atomic mass is 16.3. The van der Waals surface area contributed by atoms with Crippen molar-refractivity contribution in [3.63, 3.8) is 0 Å². The Bertz CT molecular complexity index is 363. The lowest BCUT2D eigenvalue weighted by atomic mass is 10.0. The molecule has 100 valence electrons. The maximum Gasteiger partial charge on any atom is 0.0957 e. The van der Waals surface area contributed by atoms with Gasteiger partial charge in [-0.3, -0.25) is 4.98 Å². The first-order chi connectivity index (χ1) is 8.70. The molecule has 0 radical (unpaired) electrons. The van der Waals surface area contributed by atoms with Crippen LogP contribution in [-0.2, 0) is 0 Å². The van der Waals surface area contributed by atoms with Gasteiger partial charge in [0.2, 0.25) is 0 Å². The van der Waals surface area contributed by atoms with Gasteiger partial charge in [0.1, 0.15) is 0 Å². The summed E-state index contributed by atoms with van der Waals surface area (Å²) >= 11 is 0. The lowest BCUT2D eigenvalue weighted by Gasteiger charge is -2.22. The van der Waals surface area contributed by atoms with Gasteiger partial charge in [0.25, 0.3) is 0 Å². The molecule has 1 aromatic rings. The predicted molar refractivity (Wildman–Crippen MR) is 74.7 cm³/mol. The van der Waals surface area contributed by atoms with Crippen LogP contribution in [0.1, 0.15) is 51.3 Å². The van der Waals surface area contributed by atoms with E-state index in [1.165, 1.54) is 24.9 Å². The average Bonchev–Trinajstić information content (AvgIpc) is 2.63. The molecular formula is C15H24N2O. The molecular weight excluding hydrogens is 224 g/mol. The zero-order chi connectivity index (χ0) is 13.0. The first-order valence-corrected chi connectivity index (χ1v) is 7.09. The van der Waals surface area contributed by atoms with E-state index in [2.05, 4.69) is 22.9 Å². The molecule has 2 atom stereocenters. The highest BCUT2D eigenvalue weighted by Crippen LogP contribution is 2.23. The number of aliphatic hydroxyl groups is 1. The molecule has 0 spiro atoms. The molecule has 1 aliphatic heterocycles. The fourth-order valence-corrected chi connectivity index (χ4v) is 2.51. The summed E-state index contributed by atoms with van der Waals surface area (Å²) in [6, 6.07) is 4.05. The second-order valence-electron chi connectivity index (χ2n) is 5.39. The zero-order valence-corrected chi connectivity index (χ0v) is 11.5. The van der Waals surface area contributed by atoms with Crippen molar-refractivity contribution in [2.45, 2.75) is 45.6 Å². The summed E-state index contributed by atoms with van der Waals surface area (Å²) in [5.74, 6) is 0.837. The van der Waals surface area contributed by atoms with Crippen molar-refractivity contribution in [2.75, 3.05) is 18.0 Å². The normalized spacial score (nSPS) is 22.6. The summed E-state index contributed by atoms with van der Waals surface area (Å²) in [4.78, 5) is 6.80. The van der Waals surface area contributed by atoms with Crippen LogP contribution in [0.5, 0.6) is 0 Å². The first-order valence-electron chi connectivity index (χ1n) is 7.09. The predicted octanol–water partition coefficient (Wildman–Crippen LogP) is 3.15. The molecule has 1 aromatic heterocycles. The molecule has 2 heterocycles. The highest BCUT2D eigenvalue weighted by Gasteiger charge is 2.15. The fraction of sp³-hybridized carbons (Fsp3) is 0.667. The van der Waals surface area contributed by atoms with Crippen molar-refractivity contribution in [1.82, 2.24) is 4.98 Å².